The molecule has 1 aromatic heterocycles. The summed E-state index contributed by atoms with van der Waals surface area (Å²) in [5.41, 5.74) is 2.78. The number of likely N-dealkylation sites (tertiary alicyclic amines) is 1. The zero-order valence-electron chi connectivity index (χ0n) is 15.8. The van der Waals surface area contributed by atoms with Crippen LogP contribution in [0.3, 0.4) is 0 Å². The number of aryl methyl sites for hydroxylation is 1. The van der Waals surface area contributed by atoms with E-state index in [1.807, 2.05) is 13.8 Å². The topological polar surface area (TPSA) is 50.2 Å². The summed E-state index contributed by atoms with van der Waals surface area (Å²) in [5, 5.41) is 7.49. The quantitative estimate of drug-likeness (QED) is 0.893. The maximum absolute atomic E-state index is 13.1. The minimum Gasteiger partial charge on any atom is -0.351 e. The van der Waals surface area contributed by atoms with Gasteiger partial charge in [0, 0.05) is 19.1 Å². The van der Waals surface area contributed by atoms with Crippen molar-refractivity contribution in [1.82, 2.24) is 20.0 Å². The molecule has 0 spiro atoms. The smallest absolute Gasteiger partial charge is 0.255 e. The molecule has 1 atom stereocenters. The fraction of sp³-hybridized carbons (Fsp3) is 0.500. The average molecular weight is 358 g/mol. The number of benzene rings is 1. The molecule has 1 aliphatic rings. The normalized spacial score (nSPS) is 18.1. The molecule has 1 amide bonds. The molecular formula is C20H27FN4O. The Bertz CT molecular complexity index is 769. The molecule has 1 aromatic carbocycles. The van der Waals surface area contributed by atoms with Crippen LogP contribution in [0.5, 0.6) is 0 Å². The molecule has 0 aliphatic carbocycles. The number of hydrogen-bond acceptors (Lipinski definition) is 3. The van der Waals surface area contributed by atoms with Gasteiger partial charge in [-0.05, 0) is 64.4 Å². The summed E-state index contributed by atoms with van der Waals surface area (Å²) in [7, 11) is 0. The number of nitrogens with one attached hydrogen (secondary N) is 1. The molecule has 1 unspecified atom stereocenters. The van der Waals surface area contributed by atoms with E-state index in [9.17, 15) is 9.18 Å². The van der Waals surface area contributed by atoms with Crippen molar-refractivity contribution < 1.29 is 9.18 Å². The lowest BCUT2D eigenvalue weighted by Crippen LogP contribution is -2.42. The molecule has 0 radical (unpaired) electrons. The van der Waals surface area contributed by atoms with Crippen molar-refractivity contribution in [2.45, 2.75) is 46.1 Å². The highest BCUT2D eigenvalue weighted by molar-refractivity contribution is 5.96. The number of carbonyl (C=O) groups is 1. The van der Waals surface area contributed by atoms with Gasteiger partial charge in [0.2, 0.25) is 0 Å². The van der Waals surface area contributed by atoms with E-state index in [0.717, 1.165) is 24.5 Å². The summed E-state index contributed by atoms with van der Waals surface area (Å²) < 4.78 is 14.8. The maximum Gasteiger partial charge on any atom is 0.255 e. The van der Waals surface area contributed by atoms with Crippen LogP contribution in [0, 0.1) is 19.7 Å². The SMILES string of the molecule is Cc1nn(-c2ccc(F)cc2)c(C)c1C(=O)NCCN1CCCCC1C. The Hall–Kier alpha value is -2.21. The Labute approximate surface area is 154 Å². The van der Waals surface area contributed by atoms with E-state index in [2.05, 4.69) is 22.2 Å². The summed E-state index contributed by atoms with van der Waals surface area (Å²) >= 11 is 0. The van der Waals surface area contributed by atoms with Crippen LogP contribution in [0.4, 0.5) is 4.39 Å². The van der Waals surface area contributed by atoms with Crippen LogP contribution < -0.4 is 5.32 Å². The monoisotopic (exact) mass is 358 g/mol. The summed E-state index contributed by atoms with van der Waals surface area (Å²) in [6.07, 6.45) is 3.77. The Morgan fingerprint density at radius 2 is 2.00 bits per heavy atom. The standard InChI is InChI=1S/C20H27FN4O/c1-14-6-4-5-12-24(14)13-11-22-20(26)19-15(2)23-25(16(19)3)18-9-7-17(21)8-10-18/h7-10,14H,4-6,11-13H2,1-3H3,(H,22,26). The fourth-order valence-corrected chi connectivity index (χ4v) is 3.70. The van der Waals surface area contributed by atoms with Gasteiger partial charge in [-0.15, -0.1) is 0 Å². The van der Waals surface area contributed by atoms with Gasteiger partial charge in [-0.3, -0.25) is 9.69 Å². The molecule has 26 heavy (non-hydrogen) atoms. The van der Waals surface area contributed by atoms with E-state index in [0.29, 0.717) is 23.8 Å². The molecule has 3 rings (SSSR count). The second-order valence-electron chi connectivity index (χ2n) is 7.07. The van der Waals surface area contributed by atoms with Crippen LogP contribution in [0.1, 0.15) is 47.9 Å². The Morgan fingerprint density at radius 3 is 2.69 bits per heavy atom. The van der Waals surface area contributed by atoms with Crippen LogP contribution in [0.15, 0.2) is 24.3 Å². The molecule has 1 fully saturated rings. The van der Waals surface area contributed by atoms with E-state index in [-0.39, 0.29) is 11.7 Å². The van der Waals surface area contributed by atoms with Crippen LogP contribution in [-0.4, -0.2) is 46.3 Å². The average Bonchev–Trinajstić information content (AvgIpc) is 2.92. The number of carbonyl (C=O) groups excluding carboxylic acids is 1. The van der Waals surface area contributed by atoms with Gasteiger partial charge in [-0.1, -0.05) is 6.42 Å². The van der Waals surface area contributed by atoms with Crippen molar-refractivity contribution in [1.29, 1.82) is 0 Å². The van der Waals surface area contributed by atoms with Crippen molar-refractivity contribution in [3.63, 3.8) is 0 Å². The Kier molecular flexibility index (Phi) is 5.71. The number of aromatic nitrogens is 2. The van der Waals surface area contributed by atoms with Crippen molar-refractivity contribution in [2.75, 3.05) is 19.6 Å². The number of amides is 1. The molecule has 6 heteroatoms. The van der Waals surface area contributed by atoms with E-state index in [1.54, 1.807) is 16.8 Å². The third-order valence-electron chi connectivity index (χ3n) is 5.21. The van der Waals surface area contributed by atoms with Gasteiger partial charge in [0.05, 0.1) is 22.6 Å². The molecule has 1 N–H and O–H groups in total. The highest BCUT2D eigenvalue weighted by Gasteiger charge is 2.21. The molecule has 1 aliphatic heterocycles. The third kappa shape index (κ3) is 3.96. The van der Waals surface area contributed by atoms with E-state index in [4.69, 9.17) is 0 Å². The zero-order chi connectivity index (χ0) is 18.7. The van der Waals surface area contributed by atoms with Gasteiger partial charge in [-0.25, -0.2) is 9.07 Å². The summed E-state index contributed by atoms with van der Waals surface area (Å²) in [6.45, 7) is 8.56. The Morgan fingerprint density at radius 1 is 1.27 bits per heavy atom. The number of nitrogens with zero attached hydrogens (tertiary/aromatic N) is 3. The minimum atomic E-state index is -0.291. The number of halogens is 1. The first-order valence-electron chi connectivity index (χ1n) is 9.32. The van der Waals surface area contributed by atoms with Crippen molar-refractivity contribution >= 4 is 5.91 Å². The Balaban J connectivity index is 1.66. The first kappa shape index (κ1) is 18.6. The van der Waals surface area contributed by atoms with Gasteiger partial charge >= 0.3 is 0 Å². The number of rotatable bonds is 5. The third-order valence-corrected chi connectivity index (χ3v) is 5.21. The second kappa shape index (κ2) is 7.99. The van der Waals surface area contributed by atoms with Crippen LogP contribution in [0.25, 0.3) is 5.69 Å². The van der Waals surface area contributed by atoms with E-state index < -0.39 is 0 Å². The van der Waals surface area contributed by atoms with Crippen LogP contribution in [0.2, 0.25) is 0 Å². The summed E-state index contributed by atoms with van der Waals surface area (Å²) in [4.78, 5) is 15.1. The maximum atomic E-state index is 13.1. The predicted octanol–water partition coefficient (Wildman–Crippen LogP) is 3.23. The lowest BCUT2D eigenvalue weighted by atomic mass is 10.0. The minimum absolute atomic E-state index is 0.0991. The second-order valence-corrected chi connectivity index (χ2v) is 7.07. The van der Waals surface area contributed by atoms with Crippen molar-refractivity contribution in [3.05, 3.63) is 47.0 Å². The largest absolute Gasteiger partial charge is 0.351 e. The molecule has 1 saturated heterocycles. The fourth-order valence-electron chi connectivity index (χ4n) is 3.70. The van der Waals surface area contributed by atoms with E-state index >= 15 is 0 Å². The molecular weight excluding hydrogens is 331 g/mol. The lowest BCUT2D eigenvalue weighted by molar-refractivity contribution is 0.0937. The van der Waals surface area contributed by atoms with Crippen molar-refractivity contribution in [2.24, 2.45) is 0 Å². The molecule has 2 heterocycles. The predicted molar refractivity (Wildman–Crippen MR) is 100 cm³/mol. The summed E-state index contributed by atoms with van der Waals surface area (Å²) in [5.74, 6) is -0.391. The van der Waals surface area contributed by atoms with Crippen LogP contribution in [-0.2, 0) is 0 Å². The van der Waals surface area contributed by atoms with Crippen molar-refractivity contribution in [3.8, 4) is 5.69 Å². The molecule has 140 valence electrons. The first-order valence-corrected chi connectivity index (χ1v) is 9.32. The highest BCUT2D eigenvalue weighted by atomic mass is 19.1. The van der Waals surface area contributed by atoms with Crippen LogP contribution >= 0.6 is 0 Å². The van der Waals surface area contributed by atoms with E-state index in [1.165, 1.54) is 31.4 Å². The van der Waals surface area contributed by atoms with Gasteiger partial charge in [0.15, 0.2) is 0 Å². The molecule has 0 saturated carbocycles. The molecule has 5 nitrogen and oxygen atoms in total. The molecule has 2 aromatic rings. The van der Waals surface area contributed by atoms with Gasteiger partial charge in [0.1, 0.15) is 5.82 Å². The number of piperidine rings is 1. The number of hydrogen-bond donors (Lipinski definition) is 1. The van der Waals surface area contributed by atoms with Gasteiger partial charge in [0.25, 0.3) is 5.91 Å². The lowest BCUT2D eigenvalue weighted by Gasteiger charge is -2.33. The van der Waals surface area contributed by atoms with Gasteiger partial charge in [-0.2, -0.15) is 5.10 Å². The first-order chi connectivity index (χ1) is 12.5. The highest BCUT2D eigenvalue weighted by Crippen LogP contribution is 2.19. The summed E-state index contributed by atoms with van der Waals surface area (Å²) in [6, 6.07) is 6.70. The molecule has 0 bridgehead atoms. The van der Waals surface area contributed by atoms with Gasteiger partial charge < -0.3 is 5.32 Å². The zero-order valence-corrected chi connectivity index (χ0v) is 15.8.